The molecule has 3 rings (SSSR count). The van der Waals surface area contributed by atoms with Gasteiger partial charge in [-0.05, 0) is 31.5 Å². The van der Waals surface area contributed by atoms with E-state index in [2.05, 4.69) is 14.6 Å². The summed E-state index contributed by atoms with van der Waals surface area (Å²) < 4.78 is 27.3. The third kappa shape index (κ3) is 3.60. The van der Waals surface area contributed by atoms with Gasteiger partial charge in [-0.3, -0.25) is 4.72 Å². The lowest BCUT2D eigenvalue weighted by Crippen LogP contribution is -2.44. The molecule has 6 nitrogen and oxygen atoms in total. The number of anilines is 1. The third-order valence-electron chi connectivity index (χ3n) is 4.07. The van der Waals surface area contributed by atoms with Gasteiger partial charge in [0.15, 0.2) is 0 Å². The number of nitrogens with one attached hydrogen (secondary N) is 2. The van der Waals surface area contributed by atoms with Crippen molar-refractivity contribution in [3.8, 4) is 0 Å². The highest BCUT2D eigenvalue weighted by Gasteiger charge is 2.19. The molecule has 0 unspecified atom stereocenters. The number of likely N-dealkylation sites (tertiary alicyclic amines) is 1. The van der Waals surface area contributed by atoms with Crippen molar-refractivity contribution in [2.75, 3.05) is 30.1 Å². The summed E-state index contributed by atoms with van der Waals surface area (Å²) in [6.07, 6.45) is 3.87. The van der Waals surface area contributed by atoms with Gasteiger partial charge < -0.3 is 15.6 Å². The van der Waals surface area contributed by atoms with E-state index in [9.17, 15) is 8.42 Å². The fourth-order valence-electron chi connectivity index (χ4n) is 2.93. The standard InChI is InChI=1S/C15H22N4O2S/c16-13-4-2-8-19(11-13)9-10-22(20,21)18-14-5-1-3-12-6-7-17-15(12)14/h1,3,5-7,13,17-18H,2,4,8-11,16H2/t13-/m0/s1. The first-order valence-electron chi connectivity index (χ1n) is 7.58. The number of hydrogen-bond donors (Lipinski definition) is 3. The third-order valence-corrected chi connectivity index (χ3v) is 5.32. The van der Waals surface area contributed by atoms with E-state index >= 15 is 0 Å². The van der Waals surface area contributed by atoms with Crippen LogP contribution in [0.4, 0.5) is 5.69 Å². The van der Waals surface area contributed by atoms with E-state index in [0.717, 1.165) is 36.8 Å². The van der Waals surface area contributed by atoms with Crippen molar-refractivity contribution in [2.24, 2.45) is 5.73 Å². The number of para-hydroxylation sites is 1. The summed E-state index contributed by atoms with van der Waals surface area (Å²) in [5.74, 6) is 0.0802. The number of fused-ring (bicyclic) bond motifs is 1. The number of nitrogens with two attached hydrogens (primary N) is 1. The summed E-state index contributed by atoms with van der Waals surface area (Å²) in [5.41, 5.74) is 7.33. The Morgan fingerprint density at radius 2 is 2.23 bits per heavy atom. The van der Waals surface area contributed by atoms with Crippen LogP contribution in [0.3, 0.4) is 0 Å². The van der Waals surface area contributed by atoms with Crippen molar-refractivity contribution in [3.05, 3.63) is 30.5 Å². The first kappa shape index (κ1) is 15.3. The summed E-state index contributed by atoms with van der Waals surface area (Å²) in [6.45, 7) is 2.22. The van der Waals surface area contributed by atoms with Gasteiger partial charge >= 0.3 is 0 Å². The number of rotatable bonds is 5. The lowest BCUT2D eigenvalue weighted by Gasteiger charge is -2.30. The van der Waals surface area contributed by atoms with Gasteiger partial charge in [0.1, 0.15) is 0 Å². The van der Waals surface area contributed by atoms with Crippen LogP contribution in [0.1, 0.15) is 12.8 Å². The number of piperidine rings is 1. The average Bonchev–Trinajstić information content (AvgIpc) is 2.95. The number of hydrogen-bond acceptors (Lipinski definition) is 4. The summed E-state index contributed by atoms with van der Waals surface area (Å²) in [7, 11) is -3.37. The van der Waals surface area contributed by atoms with E-state index in [1.54, 1.807) is 12.3 Å². The second kappa shape index (κ2) is 6.28. The largest absolute Gasteiger partial charge is 0.359 e. The number of aromatic amines is 1. The van der Waals surface area contributed by atoms with Crippen LogP contribution in [0, 0.1) is 0 Å². The minimum Gasteiger partial charge on any atom is -0.359 e. The van der Waals surface area contributed by atoms with Gasteiger partial charge in [0.25, 0.3) is 0 Å². The quantitative estimate of drug-likeness (QED) is 0.774. The Bertz CT molecular complexity index is 741. The molecule has 1 aliphatic heterocycles. The van der Waals surface area contributed by atoms with Crippen LogP contribution in [-0.4, -0.2) is 49.7 Å². The second-order valence-electron chi connectivity index (χ2n) is 5.87. The number of nitrogens with zero attached hydrogens (tertiary/aromatic N) is 1. The minimum atomic E-state index is -3.37. The normalized spacial score (nSPS) is 20.3. The van der Waals surface area contributed by atoms with Gasteiger partial charge in [-0.25, -0.2) is 8.42 Å². The monoisotopic (exact) mass is 322 g/mol. The molecule has 7 heteroatoms. The zero-order valence-electron chi connectivity index (χ0n) is 12.5. The molecule has 0 aliphatic carbocycles. The van der Waals surface area contributed by atoms with Crippen molar-refractivity contribution in [1.82, 2.24) is 9.88 Å². The Kier molecular flexibility index (Phi) is 4.37. The van der Waals surface area contributed by atoms with E-state index < -0.39 is 10.0 Å². The molecule has 22 heavy (non-hydrogen) atoms. The predicted molar refractivity (Wildman–Crippen MR) is 89.4 cm³/mol. The lowest BCUT2D eigenvalue weighted by molar-refractivity contribution is 0.220. The number of aromatic nitrogens is 1. The van der Waals surface area contributed by atoms with E-state index in [-0.39, 0.29) is 11.8 Å². The van der Waals surface area contributed by atoms with Crippen LogP contribution in [0.25, 0.3) is 10.9 Å². The van der Waals surface area contributed by atoms with Gasteiger partial charge in [0, 0.05) is 30.7 Å². The summed E-state index contributed by atoms with van der Waals surface area (Å²) in [5, 5.41) is 0.988. The predicted octanol–water partition coefficient (Wildman–Crippen LogP) is 1.33. The summed E-state index contributed by atoms with van der Waals surface area (Å²) >= 11 is 0. The average molecular weight is 322 g/mol. The highest BCUT2D eigenvalue weighted by Crippen LogP contribution is 2.22. The van der Waals surface area contributed by atoms with Crippen molar-refractivity contribution >= 4 is 26.6 Å². The molecule has 1 atom stereocenters. The molecule has 2 aromatic rings. The van der Waals surface area contributed by atoms with Crippen molar-refractivity contribution in [1.29, 1.82) is 0 Å². The van der Waals surface area contributed by atoms with Gasteiger partial charge in [0.2, 0.25) is 10.0 Å². The van der Waals surface area contributed by atoms with E-state index in [4.69, 9.17) is 5.73 Å². The molecule has 0 bridgehead atoms. The van der Waals surface area contributed by atoms with Crippen molar-refractivity contribution < 1.29 is 8.42 Å². The van der Waals surface area contributed by atoms with Crippen molar-refractivity contribution in [3.63, 3.8) is 0 Å². The minimum absolute atomic E-state index is 0.0802. The maximum atomic E-state index is 12.3. The van der Waals surface area contributed by atoms with E-state index in [1.807, 2.05) is 18.2 Å². The Balaban J connectivity index is 1.65. The summed E-state index contributed by atoms with van der Waals surface area (Å²) in [6, 6.07) is 7.64. The Labute approximate surface area is 130 Å². The molecule has 1 fully saturated rings. The van der Waals surface area contributed by atoms with Crippen molar-refractivity contribution in [2.45, 2.75) is 18.9 Å². The van der Waals surface area contributed by atoms with Gasteiger partial charge in [-0.1, -0.05) is 12.1 Å². The zero-order valence-corrected chi connectivity index (χ0v) is 13.3. The number of sulfonamides is 1. The molecule has 1 saturated heterocycles. The molecule has 1 aromatic carbocycles. The second-order valence-corrected chi connectivity index (χ2v) is 7.71. The smallest absolute Gasteiger partial charge is 0.234 e. The van der Waals surface area contributed by atoms with E-state index in [0.29, 0.717) is 12.2 Å². The highest BCUT2D eigenvalue weighted by molar-refractivity contribution is 7.92. The maximum Gasteiger partial charge on any atom is 0.234 e. The van der Waals surface area contributed by atoms with Gasteiger partial charge in [0.05, 0.1) is 17.0 Å². The molecule has 1 aromatic heterocycles. The van der Waals surface area contributed by atoms with Gasteiger partial charge in [-0.2, -0.15) is 0 Å². The van der Waals surface area contributed by atoms with Gasteiger partial charge in [-0.15, -0.1) is 0 Å². The van der Waals surface area contributed by atoms with Crippen LogP contribution in [-0.2, 0) is 10.0 Å². The molecule has 0 spiro atoms. The first-order chi connectivity index (χ1) is 10.5. The summed E-state index contributed by atoms with van der Waals surface area (Å²) in [4.78, 5) is 5.20. The Hall–Kier alpha value is -1.57. The fraction of sp³-hybridized carbons (Fsp3) is 0.467. The zero-order chi connectivity index (χ0) is 15.6. The Morgan fingerprint density at radius 3 is 3.05 bits per heavy atom. The van der Waals surface area contributed by atoms with E-state index in [1.165, 1.54) is 0 Å². The molecule has 1 aliphatic rings. The molecule has 0 radical (unpaired) electrons. The number of benzene rings is 1. The van der Waals surface area contributed by atoms with Crippen LogP contribution >= 0.6 is 0 Å². The molecular formula is C15H22N4O2S. The topological polar surface area (TPSA) is 91.2 Å². The molecule has 0 amide bonds. The maximum absolute atomic E-state index is 12.3. The molecular weight excluding hydrogens is 300 g/mol. The van der Waals surface area contributed by atoms with Crippen LogP contribution in [0.2, 0.25) is 0 Å². The Morgan fingerprint density at radius 1 is 1.36 bits per heavy atom. The van der Waals surface area contributed by atoms with Crippen LogP contribution < -0.4 is 10.5 Å². The molecule has 4 N–H and O–H groups in total. The first-order valence-corrected chi connectivity index (χ1v) is 9.23. The fourth-order valence-corrected chi connectivity index (χ4v) is 4.04. The molecule has 2 heterocycles. The highest BCUT2D eigenvalue weighted by atomic mass is 32.2. The van der Waals surface area contributed by atoms with Crippen LogP contribution in [0.5, 0.6) is 0 Å². The number of H-pyrrole nitrogens is 1. The SMILES string of the molecule is N[C@H]1CCCN(CCS(=O)(=O)Nc2cccc3cc[nH]c23)C1. The molecule has 0 saturated carbocycles. The molecule has 120 valence electrons. The lowest BCUT2D eigenvalue weighted by atomic mass is 10.1. The van der Waals surface area contributed by atoms with Crippen LogP contribution in [0.15, 0.2) is 30.5 Å².